The first kappa shape index (κ1) is 13.9. The van der Waals surface area contributed by atoms with E-state index in [9.17, 15) is 8.42 Å². The number of sulfonamides is 1. The van der Waals surface area contributed by atoms with Crippen LogP contribution >= 0.6 is 0 Å². The maximum Gasteiger partial charge on any atom is 0.210 e. The Labute approximate surface area is 98.2 Å². The van der Waals surface area contributed by atoms with Crippen molar-refractivity contribution in [3.63, 3.8) is 0 Å². The molecule has 0 aromatic rings. The Kier molecular flexibility index (Phi) is 5.17. The molecule has 0 radical (unpaired) electrons. The molecule has 4 N–H and O–H groups in total. The van der Waals surface area contributed by atoms with Crippen LogP contribution in [0.15, 0.2) is 0 Å². The van der Waals surface area contributed by atoms with Gasteiger partial charge in [-0.25, -0.2) is 13.6 Å². The summed E-state index contributed by atoms with van der Waals surface area (Å²) in [5.41, 5.74) is 5.73. The van der Waals surface area contributed by atoms with Gasteiger partial charge in [0.05, 0.1) is 5.75 Å². The van der Waals surface area contributed by atoms with Gasteiger partial charge in [0, 0.05) is 12.6 Å². The Bertz CT molecular complexity index is 305. The van der Waals surface area contributed by atoms with Crippen molar-refractivity contribution in [1.29, 1.82) is 0 Å². The van der Waals surface area contributed by atoms with Gasteiger partial charge in [-0.05, 0) is 31.8 Å². The van der Waals surface area contributed by atoms with Crippen LogP contribution in [-0.4, -0.2) is 44.7 Å². The smallest absolute Gasteiger partial charge is 0.210 e. The van der Waals surface area contributed by atoms with Crippen molar-refractivity contribution in [3.05, 3.63) is 0 Å². The number of nitrogens with two attached hydrogens (primary N) is 2. The molecule has 0 bridgehead atoms. The molecule has 0 aromatic heterocycles. The van der Waals surface area contributed by atoms with E-state index in [0.717, 1.165) is 19.4 Å². The summed E-state index contributed by atoms with van der Waals surface area (Å²) < 4.78 is 21.9. The van der Waals surface area contributed by atoms with Gasteiger partial charge in [0.2, 0.25) is 10.0 Å². The maximum absolute atomic E-state index is 10.9. The first-order valence-electron chi connectivity index (χ1n) is 5.92. The van der Waals surface area contributed by atoms with Gasteiger partial charge in [-0.3, -0.25) is 4.90 Å². The van der Waals surface area contributed by atoms with Crippen molar-refractivity contribution in [3.8, 4) is 0 Å². The van der Waals surface area contributed by atoms with E-state index in [1.54, 1.807) is 0 Å². The monoisotopic (exact) mass is 249 g/mol. The highest BCUT2D eigenvalue weighted by atomic mass is 32.2. The molecule has 0 heterocycles. The third kappa shape index (κ3) is 4.01. The van der Waals surface area contributed by atoms with Gasteiger partial charge in [0.1, 0.15) is 0 Å². The summed E-state index contributed by atoms with van der Waals surface area (Å²) in [6.07, 6.45) is 3.48. The normalized spacial score (nSPS) is 26.5. The standard InChI is InChI=1S/C10H23N3O2S/c1-2-13(6-7-16(12,14)15)10-5-3-4-9(10)8-11/h9-10H,2-8,11H2,1H3,(H2,12,14,15). The van der Waals surface area contributed by atoms with Gasteiger partial charge in [0.15, 0.2) is 0 Å². The average molecular weight is 249 g/mol. The van der Waals surface area contributed by atoms with Crippen molar-refractivity contribution in [2.45, 2.75) is 32.2 Å². The summed E-state index contributed by atoms with van der Waals surface area (Å²) in [4.78, 5) is 2.20. The summed E-state index contributed by atoms with van der Waals surface area (Å²) in [7, 11) is -3.36. The lowest BCUT2D eigenvalue weighted by Gasteiger charge is -2.31. The van der Waals surface area contributed by atoms with E-state index in [4.69, 9.17) is 10.9 Å². The predicted molar refractivity (Wildman–Crippen MR) is 65.4 cm³/mol. The molecule has 0 aliphatic heterocycles. The van der Waals surface area contributed by atoms with E-state index in [2.05, 4.69) is 11.8 Å². The van der Waals surface area contributed by atoms with Gasteiger partial charge < -0.3 is 5.73 Å². The number of nitrogens with zero attached hydrogens (tertiary/aromatic N) is 1. The van der Waals surface area contributed by atoms with Crippen LogP contribution < -0.4 is 10.9 Å². The lowest BCUT2D eigenvalue weighted by molar-refractivity contribution is 0.180. The molecule has 96 valence electrons. The van der Waals surface area contributed by atoms with Crippen molar-refractivity contribution in [2.24, 2.45) is 16.8 Å². The lowest BCUT2D eigenvalue weighted by Crippen LogP contribution is -2.43. The predicted octanol–water partition coefficient (Wildman–Crippen LogP) is -0.276. The van der Waals surface area contributed by atoms with Crippen LogP contribution in [-0.2, 0) is 10.0 Å². The summed E-state index contributed by atoms with van der Waals surface area (Å²) in [5, 5.41) is 5.03. The molecule has 0 aromatic carbocycles. The number of hydrogen-bond acceptors (Lipinski definition) is 4. The molecule has 1 rings (SSSR count). The SMILES string of the molecule is CCN(CCS(N)(=O)=O)C1CCCC1CN. The number of rotatable bonds is 6. The zero-order valence-corrected chi connectivity index (χ0v) is 10.7. The molecule has 1 aliphatic rings. The van der Waals surface area contributed by atoms with Crippen molar-refractivity contribution in [1.82, 2.24) is 4.90 Å². The van der Waals surface area contributed by atoms with Gasteiger partial charge in [-0.15, -0.1) is 0 Å². The Hall–Kier alpha value is -0.170. The van der Waals surface area contributed by atoms with E-state index in [0.29, 0.717) is 25.0 Å². The van der Waals surface area contributed by atoms with E-state index in [-0.39, 0.29) is 5.75 Å². The molecule has 2 atom stereocenters. The molecule has 0 amide bonds. The number of hydrogen-bond donors (Lipinski definition) is 2. The summed E-state index contributed by atoms with van der Waals surface area (Å²) in [6, 6.07) is 0.441. The molecule has 0 spiro atoms. The second-order valence-corrected chi connectivity index (χ2v) is 6.22. The van der Waals surface area contributed by atoms with Crippen molar-refractivity contribution < 1.29 is 8.42 Å². The molecular weight excluding hydrogens is 226 g/mol. The highest BCUT2D eigenvalue weighted by Crippen LogP contribution is 2.28. The van der Waals surface area contributed by atoms with Crippen LogP contribution in [0.25, 0.3) is 0 Å². The zero-order chi connectivity index (χ0) is 12.2. The van der Waals surface area contributed by atoms with Crippen LogP contribution in [0, 0.1) is 5.92 Å². The minimum Gasteiger partial charge on any atom is -0.330 e. The topological polar surface area (TPSA) is 89.4 Å². The molecule has 6 heteroatoms. The van der Waals surface area contributed by atoms with Crippen LogP contribution in [0.1, 0.15) is 26.2 Å². The van der Waals surface area contributed by atoms with Crippen LogP contribution in [0.5, 0.6) is 0 Å². The Morgan fingerprint density at radius 2 is 2.06 bits per heavy atom. The third-order valence-corrected chi connectivity index (χ3v) is 4.21. The average Bonchev–Trinajstić information content (AvgIpc) is 2.65. The zero-order valence-electron chi connectivity index (χ0n) is 9.93. The van der Waals surface area contributed by atoms with E-state index in [1.165, 1.54) is 6.42 Å². The Morgan fingerprint density at radius 1 is 1.38 bits per heavy atom. The summed E-state index contributed by atoms with van der Waals surface area (Å²) in [5.74, 6) is 0.551. The first-order chi connectivity index (χ1) is 7.48. The summed E-state index contributed by atoms with van der Waals surface area (Å²) >= 11 is 0. The lowest BCUT2D eigenvalue weighted by atomic mass is 10.0. The maximum atomic E-state index is 10.9. The van der Waals surface area contributed by atoms with Gasteiger partial charge in [0.25, 0.3) is 0 Å². The molecule has 2 unspecified atom stereocenters. The molecule has 1 aliphatic carbocycles. The quantitative estimate of drug-likeness (QED) is 0.678. The van der Waals surface area contributed by atoms with E-state index >= 15 is 0 Å². The minimum absolute atomic E-state index is 0.0363. The fourth-order valence-electron chi connectivity index (χ4n) is 2.58. The Morgan fingerprint density at radius 3 is 2.56 bits per heavy atom. The minimum atomic E-state index is -3.36. The Balaban J connectivity index is 2.53. The largest absolute Gasteiger partial charge is 0.330 e. The fourth-order valence-corrected chi connectivity index (χ4v) is 3.06. The molecule has 0 saturated heterocycles. The summed E-state index contributed by atoms with van der Waals surface area (Å²) in [6.45, 7) is 4.12. The van der Waals surface area contributed by atoms with Gasteiger partial charge >= 0.3 is 0 Å². The second kappa shape index (κ2) is 5.95. The van der Waals surface area contributed by atoms with E-state index < -0.39 is 10.0 Å². The van der Waals surface area contributed by atoms with Crippen molar-refractivity contribution in [2.75, 3.05) is 25.4 Å². The molecule has 16 heavy (non-hydrogen) atoms. The molecule has 1 saturated carbocycles. The highest BCUT2D eigenvalue weighted by Gasteiger charge is 2.30. The third-order valence-electron chi connectivity index (χ3n) is 3.46. The second-order valence-electron chi connectivity index (χ2n) is 4.49. The first-order valence-corrected chi connectivity index (χ1v) is 7.64. The number of primary sulfonamides is 1. The van der Waals surface area contributed by atoms with Gasteiger partial charge in [-0.1, -0.05) is 13.3 Å². The highest BCUT2D eigenvalue weighted by molar-refractivity contribution is 7.89. The van der Waals surface area contributed by atoms with Gasteiger partial charge in [-0.2, -0.15) is 0 Å². The fraction of sp³-hybridized carbons (Fsp3) is 1.00. The molecule has 5 nitrogen and oxygen atoms in total. The molecular formula is C10H23N3O2S. The van der Waals surface area contributed by atoms with Crippen LogP contribution in [0.2, 0.25) is 0 Å². The molecule has 1 fully saturated rings. The van der Waals surface area contributed by atoms with Crippen LogP contribution in [0.3, 0.4) is 0 Å². The van der Waals surface area contributed by atoms with E-state index in [1.807, 2.05) is 0 Å². The van der Waals surface area contributed by atoms with Crippen molar-refractivity contribution >= 4 is 10.0 Å². The van der Waals surface area contributed by atoms with Crippen LogP contribution in [0.4, 0.5) is 0 Å².